The Hall–Kier alpha value is -1.52. The Morgan fingerprint density at radius 1 is 1.30 bits per heavy atom. The Bertz CT molecular complexity index is 813. The average Bonchev–Trinajstić information content (AvgIpc) is 3.06. The van der Waals surface area contributed by atoms with Crippen molar-refractivity contribution in [2.75, 3.05) is 0 Å². The van der Waals surface area contributed by atoms with E-state index in [1.54, 1.807) is 11.3 Å². The van der Waals surface area contributed by atoms with Crippen LogP contribution in [0.2, 0.25) is 5.02 Å². The number of Topliss-reactive ketones (excluding diaryl/α,β-unsaturated/α-hetero) is 1. The molecule has 0 amide bonds. The van der Waals surface area contributed by atoms with Crippen LogP contribution < -0.4 is 0 Å². The normalized spacial score (nSPS) is 13.6. The summed E-state index contributed by atoms with van der Waals surface area (Å²) in [6, 6.07) is 5.79. The lowest BCUT2D eigenvalue weighted by molar-refractivity contribution is -0.128. The third kappa shape index (κ3) is 5.05. The zero-order chi connectivity index (χ0) is 20.1. The molecule has 2 atom stereocenters. The summed E-state index contributed by atoms with van der Waals surface area (Å²) in [5.74, 6) is -0.463. The number of benzene rings is 1. The number of aldehydes is 1. The molecule has 0 radical (unpaired) electrons. The summed E-state index contributed by atoms with van der Waals surface area (Å²) in [7, 11) is 0. The van der Waals surface area contributed by atoms with Crippen molar-refractivity contribution in [3.63, 3.8) is 0 Å². The molecule has 0 aliphatic rings. The van der Waals surface area contributed by atoms with Gasteiger partial charge in [0, 0.05) is 21.4 Å². The van der Waals surface area contributed by atoms with Crippen LogP contribution in [-0.4, -0.2) is 17.1 Å². The van der Waals surface area contributed by atoms with Gasteiger partial charge in [0.1, 0.15) is 17.2 Å². The van der Waals surface area contributed by atoms with Gasteiger partial charge in [-0.15, -0.1) is 11.3 Å². The van der Waals surface area contributed by atoms with Gasteiger partial charge in [0.25, 0.3) is 0 Å². The molecule has 0 fully saturated rings. The van der Waals surface area contributed by atoms with E-state index in [2.05, 4.69) is 13.8 Å². The number of carbonyl (C=O) groups is 2. The highest BCUT2D eigenvalue weighted by atomic mass is 35.5. The number of carbonyl (C=O) groups excluding carboxylic acids is 2. The quantitative estimate of drug-likeness (QED) is 0.365. The lowest BCUT2D eigenvalue weighted by Crippen LogP contribution is -2.25. The SMILES string of the molecule is CCc1sc(-c2ccc(Cl)c(C)c2)nc1C(C=O)C(=O)[C@H](CC)CC(C)C. The van der Waals surface area contributed by atoms with Gasteiger partial charge in [-0.2, -0.15) is 0 Å². The summed E-state index contributed by atoms with van der Waals surface area (Å²) < 4.78 is 0. The van der Waals surface area contributed by atoms with Crippen molar-refractivity contribution in [3.05, 3.63) is 39.4 Å². The maximum absolute atomic E-state index is 13.1. The van der Waals surface area contributed by atoms with Crippen LogP contribution in [-0.2, 0) is 16.0 Å². The predicted octanol–water partition coefficient (Wildman–Crippen LogP) is 6.26. The summed E-state index contributed by atoms with van der Waals surface area (Å²) in [4.78, 5) is 30.7. The fourth-order valence-electron chi connectivity index (χ4n) is 3.33. The second-order valence-electron chi connectivity index (χ2n) is 7.40. The average molecular weight is 406 g/mol. The van der Waals surface area contributed by atoms with E-state index in [1.165, 1.54) is 0 Å². The van der Waals surface area contributed by atoms with Gasteiger partial charge in [0.05, 0.1) is 5.69 Å². The summed E-state index contributed by atoms with van der Waals surface area (Å²) in [6.45, 7) is 10.2. The van der Waals surface area contributed by atoms with Crippen LogP contribution in [0.1, 0.15) is 62.6 Å². The fraction of sp³-hybridized carbons (Fsp3) is 0.500. The number of thiazole rings is 1. The smallest absolute Gasteiger partial charge is 0.152 e. The first kappa shape index (κ1) is 21.8. The van der Waals surface area contributed by atoms with E-state index in [0.717, 1.165) is 46.6 Å². The molecule has 146 valence electrons. The molecule has 0 saturated carbocycles. The molecule has 2 rings (SSSR count). The highest BCUT2D eigenvalue weighted by molar-refractivity contribution is 7.15. The highest BCUT2D eigenvalue weighted by Gasteiger charge is 2.31. The Balaban J connectivity index is 2.42. The third-order valence-corrected chi connectivity index (χ3v) is 6.53. The molecule has 0 aliphatic carbocycles. The summed E-state index contributed by atoms with van der Waals surface area (Å²) in [5, 5.41) is 1.55. The molecule has 3 nitrogen and oxygen atoms in total. The Kier molecular flexibility index (Phi) is 7.75. The van der Waals surface area contributed by atoms with Crippen LogP contribution in [0.5, 0.6) is 0 Å². The van der Waals surface area contributed by atoms with E-state index in [1.807, 2.05) is 39.0 Å². The molecule has 1 unspecified atom stereocenters. The maximum Gasteiger partial charge on any atom is 0.152 e. The lowest BCUT2D eigenvalue weighted by Gasteiger charge is -2.19. The Morgan fingerprint density at radius 3 is 2.52 bits per heavy atom. The third-order valence-electron chi connectivity index (χ3n) is 4.84. The number of aryl methyl sites for hydroxylation is 2. The molecule has 2 aromatic rings. The summed E-state index contributed by atoms with van der Waals surface area (Å²) >= 11 is 7.69. The van der Waals surface area contributed by atoms with E-state index in [4.69, 9.17) is 16.6 Å². The number of nitrogens with zero attached hydrogens (tertiary/aromatic N) is 1. The van der Waals surface area contributed by atoms with Crippen molar-refractivity contribution in [3.8, 4) is 10.6 Å². The van der Waals surface area contributed by atoms with E-state index in [9.17, 15) is 9.59 Å². The Morgan fingerprint density at radius 2 is 2.00 bits per heavy atom. The number of rotatable bonds is 9. The monoisotopic (exact) mass is 405 g/mol. The van der Waals surface area contributed by atoms with Gasteiger partial charge in [-0.3, -0.25) is 4.79 Å². The van der Waals surface area contributed by atoms with Gasteiger partial charge < -0.3 is 4.79 Å². The van der Waals surface area contributed by atoms with E-state index in [-0.39, 0.29) is 11.7 Å². The van der Waals surface area contributed by atoms with E-state index < -0.39 is 5.92 Å². The molecule has 27 heavy (non-hydrogen) atoms. The zero-order valence-electron chi connectivity index (χ0n) is 16.7. The van der Waals surface area contributed by atoms with Crippen molar-refractivity contribution >= 4 is 35.0 Å². The van der Waals surface area contributed by atoms with E-state index in [0.29, 0.717) is 16.6 Å². The largest absolute Gasteiger partial charge is 0.302 e. The second kappa shape index (κ2) is 9.61. The van der Waals surface area contributed by atoms with E-state index >= 15 is 0 Å². The maximum atomic E-state index is 13.1. The molecule has 1 heterocycles. The van der Waals surface area contributed by atoms with Crippen molar-refractivity contribution in [1.29, 1.82) is 0 Å². The summed E-state index contributed by atoms with van der Waals surface area (Å²) in [6.07, 6.45) is 3.07. The predicted molar refractivity (Wildman–Crippen MR) is 114 cm³/mol. The first-order valence-electron chi connectivity index (χ1n) is 9.57. The molecule has 1 aromatic heterocycles. The lowest BCUT2D eigenvalue weighted by atomic mass is 9.84. The molecule has 0 saturated heterocycles. The molecule has 1 aromatic carbocycles. The molecule has 0 N–H and O–H groups in total. The minimum Gasteiger partial charge on any atom is -0.302 e. The van der Waals surface area contributed by atoms with Gasteiger partial charge in [-0.1, -0.05) is 45.4 Å². The van der Waals surface area contributed by atoms with Crippen LogP contribution in [0.4, 0.5) is 0 Å². The van der Waals surface area contributed by atoms with Crippen molar-refractivity contribution < 1.29 is 9.59 Å². The number of hydrogen-bond donors (Lipinski definition) is 0. The van der Waals surface area contributed by atoms with Crippen LogP contribution in [0.25, 0.3) is 10.6 Å². The number of ketones is 1. The zero-order valence-corrected chi connectivity index (χ0v) is 18.3. The van der Waals surface area contributed by atoms with Gasteiger partial charge in [-0.05, 0) is 49.8 Å². The summed E-state index contributed by atoms with van der Waals surface area (Å²) in [5.41, 5.74) is 2.58. The van der Waals surface area contributed by atoms with Crippen LogP contribution in [0.3, 0.4) is 0 Å². The molecular weight excluding hydrogens is 378 g/mol. The van der Waals surface area contributed by atoms with Gasteiger partial charge >= 0.3 is 0 Å². The highest BCUT2D eigenvalue weighted by Crippen LogP contribution is 2.35. The standard InChI is InChI=1S/C22H28ClNO2S/c1-6-15(10-13(3)4)21(26)17(12-25)20-19(7-2)27-22(24-20)16-8-9-18(23)14(5)11-16/h8-9,11-13,15,17H,6-7,10H2,1-5H3/t15-,17?/m1/s1. The van der Waals surface area contributed by atoms with Crippen molar-refractivity contribution in [2.45, 2.75) is 59.8 Å². The number of aromatic nitrogens is 1. The van der Waals surface area contributed by atoms with Gasteiger partial charge in [0.15, 0.2) is 5.78 Å². The second-order valence-corrected chi connectivity index (χ2v) is 8.89. The molecule has 0 bridgehead atoms. The van der Waals surface area contributed by atoms with Crippen LogP contribution in [0.15, 0.2) is 18.2 Å². The van der Waals surface area contributed by atoms with Crippen LogP contribution >= 0.6 is 22.9 Å². The number of hydrogen-bond acceptors (Lipinski definition) is 4. The minimum atomic E-state index is -0.776. The molecular formula is C22H28ClNO2S. The van der Waals surface area contributed by atoms with Gasteiger partial charge in [0.2, 0.25) is 0 Å². The minimum absolute atomic E-state index is 0.0000340. The fourth-order valence-corrected chi connectivity index (χ4v) is 4.50. The molecule has 0 spiro atoms. The van der Waals surface area contributed by atoms with Crippen molar-refractivity contribution in [2.24, 2.45) is 11.8 Å². The van der Waals surface area contributed by atoms with Crippen molar-refractivity contribution in [1.82, 2.24) is 4.98 Å². The molecule has 0 aliphatic heterocycles. The van der Waals surface area contributed by atoms with Gasteiger partial charge in [-0.25, -0.2) is 4.98 Å². The Labute approximate surface area is 171 Å². The topological polar surface area (TPSA) is 47.0 Å². The first-order chi connectivity index (χ1) is 12.8. The molecule has 5 heteroatoms. The van der Waals surface area contributed by atoms with Crippen LogP contribution in [0, 0.1) is 18.8 Å². The first-order valence-corrected chi connectivity index (χ1v) is 10.8. The number of halogens is 1.